The lowest BCUT2D eigenvalue weighted by Gasteiger charge is -2.10. The van der Waals surface area contributed by atoms with Crippen molar-refractivity contribution in [3.8, 4) is 10.4 Å². The number of rotatable bonds is 3. The quantitative estimate of drug-likeness (QED) is 0.663. The van der Waals surface area contributed by atoms with Crippen LogP contribution in [0.25, 0.3) is 10.4 Å². The van der Waals surface area contributed by atoms with Crippen molar-refractivity contribution in [2.24, 2.45) is 0 Å². The number of carbonyl (C=O) groups is 1. The van der Waals surface area contributed by atoms with Gasteiger partial charge in [-0.1, -0.05) is 0 Å². The van der Waals surface area contributed by atoms with E-state index in [4.69, 9.17) is 0 Å². The summed E-state index contributed by atoms with van der Waals surface area (Å²) in [5, 5.41) is 15.8. The van der Waals surface area contributed by atoms with E-state index in [-0.39, 0.29) is 11.4 Å². The van der Waals surface area contributed by atoms with Gasteiger partial charge in [-0.2, -0.15) is 4.73 Å². The van der Waals surface area contributed by atoms with Gasteiger partial charge in [0.05, 0.1) is 17.4 Å². The van der Waals surface area contributed by atoms with Crippen molar-refractivity contribution in [2.45, 2.75) is 19.9 Å². The predicted molar refractivity (Wildman–Crippen MR) is 92.4 cm³/mol. The second-order valence-electron chi connectivity index (χ2n) is 5.72. The molecule has 1 N–H and O–H groups in total. The molecule has 0 spiro atoms. The topological polar surface area (TPSA) is 90.2 Å². The van der Waals surface area contributed by atoms with Gasteiger partial charge < -0.3 is 10.5 Å². The fourth-order valence-electron chi connectivity index (χ4n) is 2.43. The molecule has 0 aliphatic carbocycles. The van der Waals surface area contributed by atoms with Crippen LogP contribution in [0.5, 0.6) is 0 Å². The molecule has 0 bridgehead atoms. The monoisotopic (exact) mass is 364 g/mol. The third kappa shape index (κ3) is 3.34. The minimum Gasteiger partial charge on any atom is -0.618 e. The maximum absolute atomic E-state index is 12.2. The van der Waals surface area contributed by atoms with E-state index in [0.29, 0.717) is 4.73 Å². The van der Waals surface area contributed by atoms with Crippen LogP contribution in [0.4, 0.5) is 0 Å². The number of sulfone groups is 1. The molecule has 0 saturated carbocycles. The van der Waals surface area contributed by atoms with Crippen molar-refractivity contribution < 1.29 is 17.9 Å². The van der Waals surface area contributed by atoms with Crippen molar-refractivity contribution in [3.05, 3.63) is 57.2 Å². The molecule has 24 heavy (non-hydrogen) atoms. The number of thiophene rings is 1. The Bertz CT molecular complexity index is 925. The molecular formula is C16H16N2O4S2. The standard InChI is InChI=1S/C16H16N2O4S2/c1-10-7-15(23-11(10)2)12-3-4-14(18(20)8-12)16(19)17-13-5-6-24(21,22)9-13/h3-8,13H,9H2,1-2H3,(H,17,19)/t13-/m1/s1. The van der Waals surface area contributed by atoms with Crippen molar-refractivity contribution >= 4 is 27.1 Å². The molecule has 0 fully saturated rings. The van der Waals surface area contributed by atoms with Crippen LogP contribution in [-0.2, 0) is 9.84 Å². The van der Waals surface area contributed by atoms with Crippen LogP contribution in [0.15, 0.2) is 35.9 Å². The van der Waals surface area contributed by atoms with E-state index in [0.717, 1.165) is 21.4 Å². The summed E-state index contributed by atoms with van der Waals surface area (Å²) in [4.78, 5) is 14.3. The largest absolute Gasteiger partial charge is 0.618 e. The maximum atomic E-state index is 12.2. The van der Waals surface area contributed by atoms with Gasteiger partial charge in [0, 0.05) is 21.2 Å². The smallest absolute Gasteiger partial charge is 0.317 e. The summed E-state index contributed by atoms with van der Waals surface area (Å²) in [7, 11) is -3.26. The number of carbonyl (C=O) groups excluding carboxylic acids is 1. The summed E-state index contributed by atoms with van der Waals surface area (Å²) >= 11 is 1.59. The molecule has 1 amide bonds. The van der Waals surface area contributed by atoms with E-state index in [2.05, 4.69) is 5.32 Å². The first-order valence-electron chi connectivity index (χ1n) is 7.27. The number of aromatic nitrogens is 1. The van der Waals surface area contributed by atoms with E-state index in [1.165, 1.54) is 23.2 Å². The molecule has 3 heterocycles. The zero-order valence-corrected chi connectivity index (χ0v) is 14.8. The molecular weight excluding hydrogens is 348 g/mol. The van der Waals surface area contributed by atoms with Crippen molar-refractivity contribution in [3.63, 3.8) is 0 Å². The Labute approximate surface area is 144 Å². The molecule has 3 rings (SSSR count). The fourth-order valence-corrected chi connectivity index (χ4v) is 4.69. The Morgan fingerprint density at radius 1 is 1.38 bits per heavy atom. The number of nitrogens with one attached hydrogen (secondary N) is 1. The van der Waals surface area contributed by atoms with Crippen LogP contribution < -0.4 is 10.0 Å². The molecule has 1 aliphatic heterocycles. The van der Waals surface area contributed by atoms with E-state index < -0.39 is 21.8 Å². The Kier molecular flexibility index (Phi) is 4.18. The van der Waals surface area contributed by atoms with Crippen molar-refractivity contribution in [2.75, 3.05) is 5.75 Å². The lowest BCUT2D eigenvalue weighted by atomic mass is 10.2. The number of hydrogen-bond acceptors (Lipinski definition) is 5. The summed E-state index contributed by atoms with van der Waals surface area (Å²) in [6.45, 7) is 4.02. The first-order valence-corrected chi connectivity index (χ1v) is 9.81. The number of hydrogen-bond donors (Lipinski definition) is 1. The lowest BCUT2D eigenvalue weighted by molar-refractivity contribution is -0.607. The highest BCUT2D eigenvalue weighted by Crippen LogP contribution is 2.29. The maximum Gasteiger partial charge on any atom is 0.317 e. The van der Waals surface area contributed by atoms with E-state index in [9.17, 15) is 18.4 Å². The van der Waals surface area contributed by atoms with E-state index >= 15 is 0 Å². The Morgan fingerprint density at radius 2 is 2.12 bits per heavy atom. The van der Waals surface area contributed by atoms with Gasteiger partial charge in [-0.05, 0) is 37.6 Å². The Morgan fingerprint density at radius 3 is 2.67 bits per heavy atom. The zero-order chi connectivity index (χ0) is 17.5. The first-order chi connectivity index (χ1) is 11.2. The molecule has 6 nitrogen and oxygen atoms in total. The number of aryl methyl sites for hydroxylation is 2. The van der Waals surface area contributed by atoms with Gasteiger partial charge in [0.1, 0.15) is 0 Å². The van der Waals surface area contributed by atoms with Crippen LogP contribution in [0, 0.1) is 19.1 Å². The third-order valence-electron chi connectivity index (χ3n) is 3.84. The Hall–Kier alpha value is -2.19. The van der Waals surface area contributed by atoms with Crippen LogP contribution >= 0.6 is 11.3 Å². The normalized spacial score (nSPS) is 18.7. The highest BCUT2D eigenvalue weighted by Gasteiger charge is 2.26. The third-order valence-corrected chi connectivity index (χ3v) is 6.44. The van der Waals surface area contributed by atoms with Gasteiger partial charge in [0.25, 0.3) is 5.69 Å². The number of amides is 1. The minimum absolute atomic E-state index is 0.0681. The molecule has 8 heteroatoms. The second-order valence-corrected chi connectivity index (χ2v) is 8.90. The summed E-state index contributed by atoms with van der Waals surface area (Å²) in [5.41, 5.74) is 1.83. The summed E-state index contributed by atoms with van der Waals surface area (Å²) in [5.74, 6) is -0.773. The Balaban J connectivity index is 1.80. The molecule has 1 aliphatic rings. The molecule has 2 aromatic rings. The summed E-state index contributed by atoms with van der Waals surface area (Å²) in [6, 6.07) is 4.57. The summed E-state index contributed by atoms with van der Waals surface area (Å²) in [6.07, 6.45) is 2.77. The van der Waals surface area contributed by atoms with Crippen LogP contribution in [0.2, 0.25) is 0 Å². The molecule has 2 aromatic heterocycles. The highest BCUT2D eigenvalue weighted by molar-refractivity contribution is 7.94. The molecule has 0 radical (unpaired) electrons. The van der Waals surface area contributed by atoms with Gasteiger partial charge >= 0.3 is 5.91 Å². The number of pyridine rings is 1. The molecule has 0 saturated heterocycles. The average Bonchev–Trinajstić information content (AvgIpc) is 3.01. The molecule has 0 unspecified atom stereocenters. The second kappa shape index (κ2) is 6.03. The minimum atomic E-state index is -3.26. The van der Waals surface area contributed by atoms with Crippen LogP contribution in [-0.4, -0.2) is 26.1 Å². The van der Waals surface area contributed by atoms with Gasteiger partial charge in [-0.15, -0.1) is 11.3 Å². The van der Waals surface area contributed by atoms with Gasteiger partial charge in [-0.25, -0.2) is 8.42 Å². The van der Waals surface area contributed by atoms with Gasteiger partial charge in [-0.3, -0.25) is 4.79 Å². The highest BCUT2D eigenvalue weighted by atomic mass is 32.2. The molecule has 1 atom stereocenters. The van der Waals surface area contributed by atoms with Crippen LogP contribution in [0.1, 0.15) is 20.9 Å². The fraction of sp³-hybridized carbons (Fsp3) is 0.250. The van der Waals surface area contributed by atoms with Gasteiger partial charge in [0.2, 0.25) is 0 Å². The first kappa shape index (κ1) is 16.7. The van der Waals surface area contributed by atoms with Crippen molar-refractivity contribution in [1.29, 1.82) is 0 Å². The van der Waals surface area contributed by atoms with Crippen molar-refractivity contribution in [1.82, 2.24) is 5.32 Å². The van der Waals surface area contributed by atoms with E-state index in [1.54, 1.807) is 17.4 Å². The molecule has 0 aromatic carbocycles. The average molecular weight is 364 g/mol. The number of nitrogens with zero attached hydrogens (tertiary/aromatic N) is 1. The predicted octanol–water partition coefficient (Wildman–Crippen LogP) is 1.71. The lowest BCUT2D eigenvalue weighted by Crippen LogP contribution is -2.43. The SMILES string of the molecule is Cc1cc(-c2ccc(C(=O)N[C@@H]3C=CS(=O)(=O)C3)[n+]([O-])c2)sc1C. The van der Waals surface area contributed by atoms with E-state index in [1.807, 2.05) is 19.9 Å². The van der Waals surface area contributed by atoms with Crippen LogP contribution in [0.3, 0.4) is 0 Å². The molecule has 126 valence electrons. The summed E-state index contributed by atoms with van der Waals surface area (Å²) < 4.78 is 23.2. The zero-order valence-electron chi connectivity index (χ0n) is 13.1. The van der Waals surface area contributed by atoms with Gasteiger partial charge in [0.15, 0.2) is 16.0 Å².